The molecule has 178 valence electrons. The number of rotatable bonds is 8. The van der Waals surface area contributed by atoms with E-state index >= 15 is 0 Å². The number of hydrogen-bond donors (Lipinski definition) is 1. The third-order valence-corrected chi connectivity index (χ3v) is 6.50. The summed E-state index contributed by atoms with van der Waals surface area (Å²) in [5.41, 5.74) is 3.38. The summed E-state index contributed by atoms with van der Waals surface area (Å²) in [7, 11) is 0. The monoisotopic (exact) mass is 461 g/mol. The van der Waals surface area contributed by atoms with Crippen molar-refractivity contribution in [2.75, 3.05) is 44.6 Å². The average Bonchev–Trinajstić information content (AvgIpc) is 2.85. The predicted octanol–water partition coefficient (Wildman–Crippen LogP) is 3.66. The fraction of sp³-hybridized carbons (Fsp3) is 0.346. The highest BCUT2D eigenvalue weighted by molar-refractivity contribution is 5.62. The Hall–Kier alpha value is -3.49. The molecule has 1 aromatic heterocycles. The third kappa shape index (κ3) is 5.18. The van der Waals surface area contributed by atoms with E-state index in [4.69, 9.17) is 0 Å². The van der Waals surface area contributed by atoms with Gasteiger partial charge in [-0.05, 0) is 11.1 Å². The summed E-state index contributed by atoms with van der Waals surface area (Å²) in [5, 5.41) is 26.7. The van der Waals surface area contributed by atoms with E-state index in [1.807, 2.05) is 12.1 Å². The Labute approximate surface area is 200 Å². The zero-order chi connectivity index (χ0) is 24.1. The van der Waals surface area contributed by atoms with Crippen LogP contribution in [0.1, 0.15) is 28.6 Å². The van der Waals surface area contributed by atoms with Gasteiger partial charge in [-0.1, -0.05) is 60.7 Å². The van der Waals surface area contributed by atoms with Crippen molar-refractivity contribution < 1.29 is 9.65 Å². The van der Waals surface area contributed by atoms with Gasteiger partial charge in [-0.2, -0.15) is 4.73 Å². The Balaban J connectivity index is 1.38. The van der Waals surface area contributed by atoms with Gasteiger partial charge in [0.15, 0.2) is 5.69 Å². The Morgan fingerprint density at radius 3 is 2.06 bits per heavy atom. The smallest absolute Gasteiger partial charge is 0.359 e. The van der Waals surface area contributed by atoms with E-state index in [2.05, 4.69) is 63.6 Å². The van der Waals surface area contributed by atoms with E-state index in [1.165, 1.54) is 18.1 Å². The Morgan fingerprint density at radius 1 is 0.971 bits per heavy atom. The summed E-state index contributed by atoms with van der Waals surface area (Å²) in [6, 6.07) is 23.0. The largest absolute Gasteiger partial charge is 0.618 e. The molecule has 1 aliphatic rings. The van der Waals surface area contributed by atoms with Crippen molar-refractivity contribution in [3.63, 3.8) is 0 Å². The van der Waals surface area contributed by atoms with E-state index in [0.717, 1.165) is 32.7 Å². The van der Waals surface area contributed by atoms with Gasteiger partial charge in [0.25, 0.3) is 5.69 Å². The minimum Gasteiger partial charge on any atom is -0.618 e. The van der Waals surface area contributed by atoms with Crippen molar-refractivity contribution in [1.82, 2.24) is 9.80 Å². The molecule has 0 aliphatic carbocycles. The minimum atomic E-state index is -0.489. The van der Waals surface area contributed by atoms with Gasteiger partial charge in [0.1, 0.15) is 5.69 Å². The second-order valence-corrected chi connectivity index (χ2v) is 8.71. The minimum absolute atomic E-state index is 0.106. The fourth-order valence-electron chi connectivity index (χ4n) is 4.74. The lowest BCUT2D eigenvalue weighted by atomic mass is 9.96. The molecule has 1 fully saturated rings. The molecular weight excluding hydrogens is 430 g/mol. The van der Waals surface area contributed by atoms with Gasteiger partial charge in [-0.15, -0.1) is 0 Å². The number of nitrogens with one attached hydrogen (secondary N) is 1. The maximum atomic E-state index is 12.0. The van der Waals surface area contributed by atoms with Gasteiger partial charge in [-0.3, -0.25) is 19.9 Å². The lowest BCUT2D eigenvalue weighted by Gasteiger charge is -2.39. The first kappa shape index (κ1) is 23.7. The zero-order valence-electron chi connectivity index (χ0n) is 19.7. The molecule has 0 radical (unpaired) electrons. The number of anilines is 1. The topological polar surface area (TPSA) is 88.6 Å². The second-order valence-electron chi connectivity index (χ2n) is 8.71. The number of aryl methyl sites for hydroxylation is 1. The Morgan fingerprint density at radius 2 is 1.53 bits per heavy atom. The lowest BCUT2D eigenvalue weighted by molar-refractivity contribution is -0.623. The molecule has 2 aromatic carbocycles. The molecule has 0 saturated carbocycles. The highest BCUT2D eigenvalue weighted by atomic mass is 16.6. The molecule has 8 heteroatoms. The van der Waals surface area contributed by atoms with Gasteiger partial charge < -0.3 is 10.5 Å². The number of nitrogens with zero attached hydrogens (tertiary/aromatic N) is 4. The second kappa shape index (κ2) is 10.6. The molecule has 0 spiro atoms. The summed E-state index contributed by atoms with van der Waals surface area (Å²) in [6.07, 6.45) is 0. The molecule has 3 aromatic rings. The van der Waals surface area contributed by atoms with Crippen LogP contribution in [0.3, 0.4) is 0 Å². The van der Waals surface area contributed by atoms with Crippen LogP contribution in [0.2, 0.25) is 0 Å². The van der Waals surface area contributed by atoms with Gasteiger partial charge >= 0.3 is 5.69 Å². The summed E-state index contributed by atoms with van der Waals surface area (Å²) in [4.78, 5) is 15.9. The normalized spacial score (nSPS) is 14.9. The van der Waals surface area contributed by atoms with Crippen molar-refractivity contribution in [1.29, 1.82) is 0 Å². The number of aromatic nitrogens is 1. The van der Waals surface area contributed by atoms with Gasteiger partial charge in [0.2, 0.25) is 0 Å². The molecule has 0 bridgehead atoms. The number of nitro groups is 1. The predicted molar refractivity (Wildman–Crippen MR) is 133 cm³/mol. The van der Waals surface area contributed by atoms with Gasteiger partial charge in [-0.25, -0.2) is 0 Å². The van der Waals surface area contributed by atoms with Crippen LogP contribution >= 0.6 is 0 Å². The fourth-order valence-corrected chi connectivity index (χ4v) is 4.74. The highest BCUT2D eigenvalue weighted by Crippen LogP contribution is 2.30. The van der Waals surface area contributed by atoms with E-state index in [-0.39, 0.29) is 17.4 Å². The summed E-state index contributed by atoms with van der Waals surface area (Å²) in [5.74, 6) is 0. The van der Waals surface area contributed by atoms with Crippen LogP contribution in [-0.4, -0.2) is 54.0 Å². The third-order valence-electron chi connectivity index (χ3n) is 6.50. The molecule has 1 aliphatic heterocycles. The Bertz CT molecular complexity index is 1080. The van der Waals surface area contributed by atoms with Crippen molar-refractivity contribution in [3.8, 4) is 0 Å². The highest BCUT2D eigenvalue weighted by Gasteiger charge is 2.28. The van der Waals surface area contributed by atoms with Crippen LogP contribution < -0.4 is 10.0 Å². The van der Waals surface area contributed by atoms with Crippen molar-refractivity contribution in [2.24, 2.45) is 0 Å². The molecular formula is C26H31N5O3. The van der Waals surface area contributed by atoms with Crippen LogP contribution in [0.25, 0.3) is 0 Å². The number of hydrogen-bond acceptors (Lipinski definition) is 6. The Kier molecular flexibility index (Phi) is 7.40. The molecule has 1 saturated heterocycles. The first-order valence-corrected chi connectivity index (χ1v) is 11.6. The van der Waals surface area contributed by atoms with E-state index in [9.17, 15) is 15.3 Å². The van der Waals surface area contributed by atoms with Crippen LogP contribution in [0, 0.1) is 29.2 Å². The van der Waals surface area contributed by atoms with Crippen molar-refractivity contribution >= 4 is 11.4 Å². The standard InChI is InChI=1S/C26H31N5O3/c1-20-19-24(25(31(33)34)21(2)30(20)32)27-13-14-28-15-17-29(18-16-28)26(22-9-5-3-6-10-22)23-11-7-4-8-12-23/h3-12,19,26-27H,13-18H2,1-2H3. The van der Waals surface area contributed by atoms with E-state index < -0.39 is 4.92 Å². The molecule has 4 rings (SSSR count). The van der Waals surface area contributed by atoms with Crippen LogP contribution in [0.15, 0.2) is 66.7 Å². The van der Waals surface area contributed by atoms with Crippen molar-refractivity contribution in [2.45, 2.75) is 19.9 Å². The first-order valence-electron chi connectivity index (χ1n) is 11.6. The first-order chi connectivity index (χ1) is 16.5. The average molecular weight is 462 g/mol. The summed E-state index contributed by atoms with van der Waals surface area (Å²) < 4.78 is 0.610. The zero-order valence-corrected chi connectivity index (χ0v) is 19.7. The molecule has 2 heterocycles. The van der Waals surface area contributed by atoms with E-state index in [0.29, 0.717) is 22.7 Å². The number of pyridine rings is 1. The molecule has 8 nitrogen and oxygen atoms in total. The van der Waals surface area contributed by atoms with Gasteiger partial charge in [0.05, 0.1) is 11.0 Å². The van der Waals surface area contributed by atoms with Gasteiger partial charge in [0, 0.05) is 59.2 Å². The van der Waals surface area contributed by atoms with Crippen LogP contribution in [0.4, 0.5) is 11.4 Å². The number of piperazine rings is 1. The van der Waals surface area contributed by atoms with Crippen molar-refractivity contribution in [3.05, 3.63) is 105 Å². The maximum Gasteiger partial charge on any atom is 0.359 e. The molecule has 0 amide bonds. The van der Waals surface area contributed by atoms with Crippen LogP contribution in [0.5, 0.6) is 0 Å². The lowest BCUT2D eigenvalue weighted by Crippen LogP contribution is -2.48. The maximum absolute atomic E-state index is 12.0. The van der Waals surface area contributed by atoms with E-state index in [1.54, 1.807) is 13.0 Å². The SMILES string of the molecule is Cc1cc(NCCN2CCN(C(c3ccccc3)c3ccccc3)CC2)c([N+](=O)[O-])c(C)[n+]1[O-]. The molecule has 1 N–H and O–H groups in total. The summed E-state index contributed by atoms with van der Waals surface area (Å²) in [6.45, 7) is 8.21. The number of benzene rings is 2. The summed E-state index contributed by atoms with van der Waals surface area (Å²) >= 11 is 0. The van der Waals surface area contributed by atoms with Crippen LogP contribution in [-0.2, 0) is 0 Å². The molecule has 34 heavy (non-hydrogen) atoms. The molecule has 0 atom stereocenters. The quantitative estimate of drug-likeness (QED) is 0.238. The molecule has 0 unspecified atom stereocenters.